The highest BCUT2D eigenvalue weighted by Crippen LogP contribution is 2.32. The van der Waals surface area contributed by atoms with E-state index in [-0.39, 0.29) is 11.3 Å². The predicted molar refractivity (Wildman–Crippen MR) is 93.9 cm³/mol. The molecule has 1 atom stereocenters. The van der Waals surface area contributed by atoms with Gasteiger partial charge in [-0.15, -0.1) is 11.3 Å². The Morgan fingerprint density at radius 3 is 2.96 bits per heavy atom. The second-order valence-electron chi connectivity index (χ2n) is 5.93. The summed E-state index contributed by atoms with van der Waals surface area (Å²) in [4.78, 5) is 28.7. The van der Waals surface area contributed by atoms with Gasteiger partial charge in [-0.1, -0.05) is 6.92 Å². The third kappa shape index (κ3) is 3.23. The van der Waals surface area contributed by atoms with Crippen molar-refractivity contribution in [1.29, 1.82) is 0 Å². The second-order valence-corrected chi connectivity index (χ2v) is 7.01. The SMILES string of the molecule is CNc1ccc([N+](=O)[O-])cc1C(=O)Nc1nc2c(s1)CC(C)CC2. The van der Waals surface area contributed by atoms with E-state index in [9.17, 15) is 14.9 Å². The smallest absolute Gasteiger partial charge is 0.270 e. The van der Waals surface area contributed by atoms with E-state index in [1.54, 1.807) is 7.05 Å². The van der Waals surface area contributed by atoms with Crippen LogP contribution < -0.4 is 10.6 Å². The van der Waals surface area contributed by atoms with Crippen molar-refractivity contribution in [3.05, 3.63) is 44.4 Å². The number of nitrogens with one attached hydrogen (secondary N) is 2. The fourth-order valence-electron chi connectivity index (χ4n) is 2.81. The molecule has 1 aliphatic carbocycles. The summed E-state index contributed by atoms with van der Waals surface area (Å²) in [6.45, 7) is 2.21. The fraction of sp³-hybridized carbons (Fsp3) is 0.375. The Morgan fingerprint density at radius 1 is 1.46 bits per heavy atom. The van der Waals surface area contributed by atoms with E-state index in [2.05, 4.69) is 22.5 Å². The number of non-ortho nitro benzene ring substituents is 1. The molecule has 24 heavy (non-hydrogen) atoms. The first-order chi connectivity index (χ1) is 11.5. The summed E-state index contributed by atoms with van der Waals surface area (Å²) in [7, 11) is 1.67. The van der Waals surface area contributed by atoms with E-state index in [1.165, 1.54) is 34.4 Å². The Hall–Kier alpha value is -2.48. The molecule has 0 fully saturated rings. The number of carbonyl (C=O) groups is 1. The van der Waals surface area contributed by atoms with Gasteiger partial charge in [-0.25, -0.2) is 4.98 Å². The lowest BCUT2D eigenvalue weighted by Crippen LogP contribution is -2.14. The van der Waals surface area contributed by atoms with Gasteiger partial charge in [-0.3, -0.25) is 20.2 Å². The second kappa shape index (κ2) is 6.56. The van der Waals surface area contributed by atoms with Gasteiger partial charge < -0.3 is 5.32 Å². The van der Waals surface area contributed by atoms with Gasteiger partial charge in [0, 0.05) is 29.7 Å². The van der Waals surface area contributed by atoms with Crippen LogP contribution in [0.2, 0.25) is 0 Å². The van der Waals surface area contributed by atoms with Crippen LogP contribution in [0.4, 0.5) is 16.5 Å². The van der Waals surface area contributed by atoms with Crippen molar-refractivity contribution in [1.82, 2.24) is 4.98 Å². The highest BCUT2D eigenvalue weighted by molar-refractivity contribution is 7.15. The van der Waals surface area contributed by atoms with Gasteiger partial charge in [-0.2, -0.15) is 0 Å². The molecule has 0 saturated carbocycles. The summed E-state index contributed by atoms with van der Waals surface area (Å²) in [6.07, 6.45) is 3.03. The first-order valence-electron chi connectivity index (χ1n) is 7.74. The Kier molecular flexibility index (Phi) is 4.48. The van der Waals surface area contributed by atoms with Crippen LogP contribution in [0, 0.1) is 16.0 Å². The molecule has 1 unspecified atom stereocenters. The molecule has 0 radical (unpaired) electrons. The summed E-state index contributed by atoms with van der Waals surface area (Å²) in [6, 6.07) is 4.17. The number of fused-ring (bicyclic) bond motifs is 1. The van der Waals surface area contributed by atoms with Crippen molar-refractivity contribution in [3.63, 3.8) is 0 Å². The molecule has 0 bridgehead atoms. The number of aromatic nitrogens is 1. The molecule has 126 valence electrons. The number of hydrogen-bond acceptors (Lipinski definition) is 6. The molecule has 2 N–H and O–H groups in total. The van der Waals surface area contributed by atoms with Gasteiger partial charge in [0.15, 0.2) is 5.13 Å². The van der Waals surface area contributed by atoms with Crippen LogP contribution in [0.1, 0.15) is 34.3 Å². The Morgan fingerprint density at radius 2 is 2.25 bits per heavy atom. The molecule has 7 nitrogen and oxygen atoms in total. The molecule has 1 aliphatic rings. The molecule has 2 aromatic rings. The monoisotopic (exact) mass is 346 g/mol. The van der Waals surface area contributed by atoms with Crippen molar-refractivity contribution < 1.29 is 9.72 Å². The van der Waals surface area contributed by atoms with E-state index in [4.69, 9.17) is 0 Å². The van der Waals surface area contributed by atoms with Crippen LogP contribution in [0.25, 0.3) is 0 Å². The van der Waals surface area contributed by atoms with Crippen molar-refractivity contribution in [3.8, 4) is 0 Å². The summed E-state index contributed by atoms with van der Waals surface area (Å²) in [5, 5.41) is 17.1. The topological polar surface area (TPSA) is 97.2 Å². The summed E-state index contributed by atoms with van der Waals surface area (Å²) >= 11 is 1.49. The van der Waals surface area contributed by atoms with Gasteiger partial charge in [0.2, 0.25) is 0 Å². The number of amides is 1. The number of nitrogens with zero attached hydrogens (tertiary/aromatic N) is 2. The van der Waals surface area contributed by atoms with Crippen LogP contribution in [0.5, 0.6) is 0 Å². The molecular formula is C16H18N4O3S. The van der Waals surface area contributed by atoms with Crippen molar-refractivity contribution >= 4 is 33.8 Å². The number of aryl methyl sites for hydroxylation is 1. The minimum Gasteiger partial charge on any atom is -0.387 e. The third-order valence-electron chi connectivity index (χ3n) is 4.13. The van der Waals surface area contributed by atoms with Crippen LogP contribution in [0.15, 0.2) is 18.2 Å². The lowest BCUT2D eigenvalue weighted by Gasteiger charge is -2.15. The predicted octanol–water partition coefficient (Wildman–Crippen LogP) is 3.47. The number of hydrogen-bond donors (Lipinski definition) is 2. The number of nitro groups is 1. The summed E-state index contributed by atoms with van der Waals surface area (Å²) in [5.74, 6) is 0.233. The van der Waals surface area contributed by atoms with Gasteiger partial charge in [0.05, 0.1) is 16.2 Å². The zero-order valence-corrected chi connectivity index (χ0v) is 14.3. The van der Waals surface area contributed by atoms with Crippen LogP contribution in [0.3, 0.4) is 0 Å². The highest BCUT2D eigenvalue weighted by atomic mass is 32.1. The maximum absolute atomic E-state index is 12.5. The van der Waals surface area contributed by atoms with Crippen molar-refractivity contribution in [2.45, 2.75) is 26.2 Å². The Bertz CT molecular complexity index is 803. The average Bonchev–Trinajstić information content (AvgIpc) is 2.95. The molecule has 0 spiro atoms. The molecule has 0 aliphatic heterocycles. The zero-order valence-electron chi connectivity index (χ0n) is 13.5. The first kappa shape index (κ1) is 16.4. The minimum atomic E-state index is -0.514. The highest BCUT2D eigenvalue weighted by Gasteiger charge is 2.22. The average molecular weight is 346 g/mol. The maximum atomic E-state index is 12.5. The van der Waals surface area contributed by atoms with E-state index in [0.717, 1.165) is 25.0 Å². The van der Waals surface area contributed by atoms with E-state index < -0.39 is 10.8 Å². The molecule has 0 saturated heterocycles. The van der Waals surface area contributed by atoms with E-state index in [1.807, 2.05) is 0 Å². The van der Waals surface area contributed by atoms with Crippen LogP contribution >= 0.6 is 11.3 Å². The molecule has 8 heteroatoms. The van der Waals surface area contributed by atoms with Gasteiger partial charge in [0.25, 0.3) is 11.6 Å². The zero-order chi connectivity index (χ0) is 17.3. The number of rotatable bonds is 4. The number of anilines is 2. The maximum Gasteiger partial charge on any atom is 0.270 e. The Labute approximate surface area is 143 Å². The van der Waals surface area contributed by atoms with Gasteiger partial charge in [0.1, 0.15) is 0 Å². The molecule has 1 heterocycles. The third-order valence-corrected chi connectivity index (χ3v) is 5.17. The normalized spacial score (nSPS) is 16.3. The van der Waals surface area contributed by atoms with Gasteiger partial charge >= 0.3 is 0 Å². The van der Waals surface area contributed by atoms with E-state index >= 15 is 0 Å². The lowest BCUT2D eigenvalue weighted by atomic mass is 9.93. The van der Waals surface area contributed by atoms with E-state index in [0.29, 0.717) is 16.7 Å². The molecular weight excluding hydrogens is 328 g/mol. The number of nitro benzene ring substituents is 1. The number of carbonyl (C=O) groups excluding carboxylic acids is 1. The number of benzene rings is 1. The molecule has 1 amide bonds. The fourth-order valence-corrected chi connectivity index (χ4v) is 3.98. The molecule has 3 rings (SSSR count). The molecule has 1 aromatic carbocycles. The summed E-state index contributed by atoms with van der Waals surface area (Å²) in [5.41, 5.74) is 1.70. The van der Waals surface area contributed by atoms with Gasteiger partial charge in [-0.05, 0) is 31.2 Å². The quantitative estimate of drug-likeness (QED) is 0.652. The minimum absolute atomic E-state index is 0.119. The first-order valence-corrected chi connectivity index (χ1v) is 8.55. The van der Waals surface area contributed by atoms with Crippen LogP contribution in [-0.4, -0.2) is 22.9 Å². The Balaban J connectivity index is 1.85. The number of thiazole rings is 1. The molecule has 1 aromatic heterocycles. The lowest BCUT2D eigenvalue weighted by molar-refractivity contribution is -0.384. The van der Waals surface area contributed by atoms with Crippen molar-refractivity contribution in [2.24, 2.45) is 5.92 Å². The standard InChI is InChI=1S/C16H18N4O3S/c1-9-3-5-13-14(7-9)24-16(18-13)19-15(21)11-8-10(20(22)23)4-6-12(11)17-2/h4,6,8-9,17H,3,5,7H2,1-2H3,(H,18,19,21). The largest absolute Gasteiger partial charge is 0.387 e. The van der Waals surface area contributed by atoms with Crippen LogP contribution in [-0.2, 0) is 12.8 Å². The summed E-state index contributed by atoms with van der Waals surface area (Å²) < 4.78 is 0. The van der Waals surface area contributed by atoms with Crippen molar-refractivity contribution in [2.75, 3.05) is 17.7 Å².